The highest BCUT2D eigenvalue weighted by atomic mass is 127. The third-order valence-electron chi connectivity index (χ3n) is 5.14. The fourth-order valence-electron chi connectivity index (χ4n) is 3.54. The first-order valence-electron chi connectivity index (χ1n) is 10.9. The van der Waals surface area contributed by atoms with Crippen LogP contribution in [0, 0.1) is 0 Å². The van der Waals surface area contributed by atoms with Gasteiger partial charge in [-0.2, -0.15) is 0 Å². The number of carbonyl (C=O) groups is 2. The van der Waals surface area contributed by atoms with Gasteiger partial charge in [0.05, 0.1) is 23.8 Å². The van der Waals surface area contributed by atoms with Gasteiger partial charge in [0.25, 0.3) is 11.8 Å². The van der Waals surface area contributed by atoms with Crippen LogP contribution in [0.5, 0.6) is 0 Å². The van der Waals surface area contributed by atoms with Crippen molar-refractivity contribution in [2.75, 3.05) is 46.0 Å². The molecule has 0 radical (unpaired) electrons. The van der Waals surface area contributed by atoms with Gasteiger partial charge in [-0.3, -0.25) is 19.5 Å². The number of nitrogens with zero attached hydrogens (tertiary/aromatic N) is 2. The van der Waals surface area contributed by atoms with E-state index >= 15 is 0 Å². The molecule has 9 heteroatoms. The Labute approximate surface area is 201 Å². The molecule has 1 aromatic rings. The van der Waals surface area contributed by atoms with Crippen LogP contribution in [0.1, 0.15) is 53.3 Å². The molecule has 2 heterocycles. The maximum absolute atomic E-state index is 12.4. The molecule has 1 fully saturated rings. The van der Waals surface area contributed by atoms with E-state index in [-0.39, 0.29) is 41.9 Å². The summed E-state index contributed by atoms with van der Waals surface area (Å²) in [6.45, 7) is 6.86. The van der Waals surface area contributed by atoms with Gasteiger partial charge in [0.2, 0.25) is 0 Å². The number of aliphatic imine (C=N–C) groups is 1. The summed E-state index contributed by atoms with van der Waals surface area (Å²) in [5.41, 5.74) is 1.01. The monoisotopic (exact) mass is 544 g/mol. The largest absolute Gasteiger partial charge is 0.379 e. The lowest BCUT2D eigenvalue weighted by Gasteiger charge is -2.15. The zero-order valence-corrected chi connectivity index (χ0v) is 20.4. The van der Waals surface area contributed by atoms with E-state index in [4.69, 9.17) is 9.47 Å². The molecule has 2 amide bonds. The number of fused-ring (bicyclic) bond motifs is 1. The van der Waals surface area contributed by atoms with Crippen molar-refractivity contribution < 1.29 is 19.1 Å². The van der Waals surface area contributed by atoms with E-state index in [2.05, 4.69) is 15.6 Å². The van der Waals surface area contributed by atoms with Gasteiger partial charge in [-0.05, 0) is 44.7 Å². The molecule has 0 aliphatic carbocycles. The highest BCUT2D eigenvalue weighted by Gasteiger charge is 2.34. The minimum absolute atomic E-state index is 0. The molecule has 2 aliphatic heterocycles. The molecular weight excluding hydrogens is 511 g/mol. The second-order valence-corrected chi connectivity index (χ2v) is 7.41. The molecule has 0 spiro atoms. The van der Waals surface area contributed by atoms with Crippen LogP contribution >= 0.6 is 24.0 Å². The quantitative estimate of drug-likeness (QED) is 0.146. The van der Waals surface area contributed by atoms with Crippen molar-refractivity contribution in [2.24, 2.45) is 4.99 Å². The molecule has 1 saturated heterocycles. The summed E-state index contributed by atoms with van der Waals surface area (Å²) in [5, 5.41) is 6.54. The van der Waals surface area contributed by atoms with E-state index in [1.54, 1.807) is 24.3 Å². The van der Waals surface area contributed by atoms with Crippen LogP contribution in [0.25, 0.3) is 0 Å². The lowest BCUT2D eigenvalue weighted by molar-refractivity contribution is 0.0424. The van der Waals surface area contributed by atoms with Gasteiger partial charge in [0.15, 0.2) is 5.96 Å². The van der Waals surface area contributed by atoms with Crippen molar-refractivity contribution in [3.8, 4) is 0 Å². The van der Waals surface area contributed by atoms with E-state index in [0.717, 1.165) is 51.3 Å². The number of guanidine groups is 1. The fourth-order valence-corrected chi connectivity index (χ4v) is 3.54. The zero-order valence-electron chi connectivity index (χ0n) is 18.1. The normalized spacial score (nSPS) is 18.2. The first-order chi connectivity index (χ1) is 14.7. The van der Waals surface area contributed by atoms with Crippen LogP contribution in [0.4, 0.5) is 0 Å². The second kappa shape index (κ2) is 13.6. The Hall–Kier alpha value is -1.72. The molecular formula is C22H33IN4O4. The summed E-state index contributed by atoms with van der Waals surface area (Å²) < 4.78 is 11.0. The third-order valence-corrected chi connectivity index (χ3v) is 5.14. The molecule has 1 aromatic carbocycles. The molecule has 3 rings (SSSR count). The van der Waals surface area contributed by atoms with E-state index in [1.165, 1.54) is 4.90 Å². The van der Waals surface area contributed by atoms with Gasteiger partial charge in [-0.15, -0.1) is 24.0 Å². The Morgan fingerprint density at radius 2 is 1.90 bits per heavy atom. The predicted molar refractivity (Wildman–Crippen MR) is 130 cm³/mol. The van der Waals surface area contributed by atoms with Crippen molar-refractivity contribution in [1.82, 2.24) is 15.5 Å². The average Bonchev–Trinajstić information content (AvgIpc) is 3.36. The average molecular weight is 544 g/mol. The molecule has 31 heavy (non-hydrogen) atoms. The van der Waals surface area contributed by atoms with Crippen LogP contribution in [0.2, 0.25) is 0 Å². The summed E-state index contributed by atoms with van der Waals surface area (Å²) in [7, 11) is 0. The van der Waals surface area contributed by atoms with E-state index in [0.29, 0.717) is 37.4 Å². The minimum Gasteiger partial charge on any atom is -0.379 e. The van der Waals surface area contributed by atoms with Gasteiger partial charge in [-0.1, -0.05) is 12.1 Å². The molecule has 0 aromatic heterocycles. The number of ether oxygens (including phenoxy) is 2. The number of unbranched alkanes of at least 4 members (excludes halogenated alkanes) is 1. The number of imide groups is 1. The number of carbonyl (C=O) groups excluding carboxylic acids is 2. The second-order valence-electron chi connectivity index (χ2n) is 7.41. The lowest BCUT2D eigenvalue weighted by atomic mass is 10.1. The Morgan fingerprint density at radius 3 is 2.55 bits per heavy atom. The Morgan fingerprint density at radius 1 is 1.16 bits per heavy atom. The number of benzene rings is 1. The Bertz CT molecular complexity index is 718. The maximum atomic E-state index is 12.4. The number of hydrogen-bond acceptors (Lipinski definition) is 5. The fraction of sp³-hybridized carbons (Fsp3) is 0.591. The first-order valence-corrected chi connectivity index (χ1v) is 10.9. The van der Waals surface area contributed by atoms with E-state index in [1.807, 2.05) is 6.92 Å². The van der Waals surface area contributed by atoms with Crippen LogP contribution in [0.15, 0.2) is 29.3 Å². The molecule has 1 atom stereocenters. The summed E-state index contributed by atoms with van der Waals surface area (Å²) in [6, 6.07) is 6.99. The molecule has 8 nitrogen and oxygen atoms in total. The zero-order chi connectivity index (χ0) is 21.2. The minimum atomic E-state index is -0.190. The highest BCUT2D eigenvalue weighted by Crippen LogP contribution is 2.22. The molecule has 1 unspecified atom stereocenters. The number of nitrogens with one attached hydrogen (secondary N) is 2. The van der Waals surface area contributed by atoms with Gasteiger partial charge >= 0.3 is 0 Å². The van der Waals surface area contributed by atoms with Crippen molar-refractivity contribution in [3.05, 3.63) is 35.4 Å². The van der Waals surface area contributed by atoms with Crippen molar-refractivity contribution in [1.29, 1.82) is 0 Å². The van der Waals surface area contributed by atoms with E-state index in [9.17, 15) is 9.59 Å². The SMILES string of the molecule is CCNC(=NCCCOC1CCOC1)NCCCCN1C(=O)c2ccccc2C1=O.I. The molecule has 2 N–H and O–H groups in total. The number of hydrogen-bond donors (Lipinski definition) is 2. The van der Waals surface area contributed by atoms with Crippen LogP contribution in [-0.2, 0) is 9.47 Å². The topological polar surface area (TPSA) is 92.3 Å². The van der Waals surface area contributed by atoms with Crippen LogP contribution in [-0.4, -0.2) is 74.8 Å². The van der Waals surface area contributed by atoms with Crippen molar-refractivity contribution in [3.63, 3.8) is 0 Å². The molecule has 0 saturated carbocycles. The van der Waals surface area contributed by atoms with Gasteiger partial charge < -0.3 is 20.1 Å². The standard InChI is InChI=1S/C22H32N4O4.HI/c1-2-23-22(25-12-7-14-30-17-10-15-29-16-17)24-11-5-6-13-26-20(27)18-8-3-4-9-19(18)21(26)28;/h3-4,8-9,17H,2,5-7,10-16H2,1H3,(H2,23,24,25);1H. The predicted octanol–water partition coefficient (Wildman–Crippen LogP) is 2.43. The molecule has 172 valence electrons. The van der Waals surface area contributed by atoms with Gasteiger partial charge in [0, 0.05) is 39.4 Å². The molecule has 2 aliphatic rings. The van der Waals surface area contributed by atoms with Crippen molar-refractivity contribution in [2.45, 2.75) is 38.7 Å². The van der Waals surface area contributed by atoms with Gasteiger partial charge in [0.1, 0.15) is 0 Å². The van der Waals surface area contributed by atoms with E-state index < -0.39 is 0 Å². The summed E-state index contributed by atoms with van der Waals surface area (Å²) in [5.74, 6) is 0.400. The summed E-state index contributed by atoms with van der Waals surface area (Å²) in [6.07, 6.45) is 3.67. The molecule has 0 bridgehead atoms. The maximum Gasteiger partial charge on any atom is 0.261 e. The van der Waals surface area contributed by atoms with Gasteiger partial charge in [-0.25, -0.2) is 0 Å². The summed E-state index contributed by atoms with van der Waals surface area (Å²) >= 11 is 0. The van der Waals surface area contributed by atoms with Crippen LogP contribution in [0.3, 0.4) is 0 Å². The third kappa shape index (κ3) is 7.43. The summed E-state index contributed by atoms with van der Waals surface area (Å²) in [4.78, 5) is 30.6. The number of halogens is 1. The Kier molecular flexibility index (Phi) is 11.2. The lowest BCUT2D eigenvalue weighted by Crippen LogP contribution is -2.38. The number of rotatable bonds is 11. The van der Waals surface area contributed by atoms with Crippen LogP contribution < -0.4 is 10.6 Å². The number of amides is 2. The van der Waals surface area contributed by atoms with Crippen molar-refractivity contribution >= 4 is 41.8 Å². The Balaban J connectivity index is 0.00000341. The highest BCUT2D eigenvalue weighted by molar-refractivity contribution is 14.0. The smallest absolute Gasteiger partial charge is 0.261 e. The first kappa shape index (κ1) is 25.5.